The van der Waals surface area contributed by atoms with Gasteiger partial charge >= 0.3 is 17.9 Å². The van der Waals surface area contributed by atoms with Crippen molar-refractivity contribution in [2.75, 3.05) is 13.7 Å². The zero-order valence-electron chi connectivity index (χ0n) is 17.5. The number of ether oxygens (including phenoxy) is 3. The molecule has 0 saturated heterocycles. The zero-order valence-corrected chi connectivity index (χ0v) is 17.5. The summed E-state index contributed by atoms with van der Waals surface area (Å²) in [5.74, 6) is -2.54. The van der Waals surface area contributed by atoms with Crippen LogP contribution in [-0.4, -0.2) is 49.7 Å². The second-order valence-electron chi connectivity index (χ2n) is 6.86. The van der Waals surface area contributed by atoms with Gasteiger partial charge < -0.3 is 29.8 Å². The molecule has 168 valence electrons. The van der Waals surface area contributed by atoms with E-state index < -0.39 is 24.1 Å². The monoisotopic (exact) mass is 416 g/mol. The van der Waals surface area contributed by atoms with Crippen LogP contribution in [0.15, 0.2) is 0 Å². The Morgan fingerprint density at radius 3 is 1.93 bits per heavy atom. The van der Waals surface area contributed by atoms with Gasteiger partial charge in [0.2, 0.25) is 0 Å². The molecular formula is C20H34NO8-. The van der Waals surface area contributed by atoms with E-state index in [0.29, 0.717) is 25.7 Å². The van der Waals surface area contributed by atoms with Crippen molar-refractivity contribution < 1.29 is 38.5 Å². The summed E-state index contributed by atoms with van der Waals surface area (Å²) in [6.07, 6.45) is 5.80. The highest BCUT2D eigenvalue weighted by molar-refractivity contribution is 5.74. The predicted molar refractivity (Wildman–Crippen MR) is 102 cm³/mol. The van der Waals surface area contributed by atoms with Gasteiger partial charge in [-0.15, -0.1) is 0 Å². The summed E-state index contributed by atoms with van der Waals surface area (Å²) in [7, 11) is 1.38. The Morgan fingerprint density at radius 2 is 1.41 bits per heavy atom. The molecule has 0 rings (SSSR count). The van der Waals surface area contributed by atoms with Gasteiger partial charge in [-0.25, -0.2) is 0 Å². The van der Waals surface area contributed by atoms with E-state index in [1.807, 2.05) is 0 Å². The van der Waals surface area contributed by atoms with Crippen molar-refractivity contribution >= 4 is 23.9 Å². The maximum Gasteiger partial charge on any atom is 0.306 e. The molecule has 2 N–H and O–H groups in total. The lowest BCUT2D eigenvalue weighted by Gasteiger charge is -2.17. The van der Waals surface area contributed by atoms with Gasteiger partial charge in [0.25, 0.3) is 0 Å². The number of hydrogen-bond donors (Lipinski definition) is 1. The lowest BCUT2D eigenvalue weighted by molar-refractivity contribution is -0.307. The quantitative estimate of drug-likeness (QED) is 0.208. The maximum absolute atomic E-state index is 11.8. The van der Waals surface area contributed by atoms with Gasteiger partial charge in [-0.2, -0.15) is 0 Å². The molecule has 9 nitrogen and oxygen atoms in total. The molecule has 0 aromatic carbocycles. The number of carbonyl (C=O) groups is 4. The Bertz CT molecular complexity index is 509. The summed E-state index contributed by atoms with van der Waals surface area (Å²) in [4.78, 5) is 45.0. The summed E-state index contributed by atoms with van der Waals surface area (Å²) < 4.78 is 14.9. The van der Waals surface area contributed by atoms with E-state index in [4.69, 9.17) is 15.2 Å². The normalized spacial score (nSPS) is 12.7. The molecule has 0 saturated carbocycles. The summed E-state index contributed by atoms with van der Waals surface area (Å²) in [6.45, 7) is 1.76. The number of rotatable bonds is 17. The molecule has 0 fully saturated rings. The first kappa shape index (κ1) is 26.8. The summed E-state index contributed by atoms with van der Waals surface area (Å²) in [5.41, 5.74) is 5.28. The van der Waals surface area contributed by atoms with Crippen LogP contribution in [0.2, 0.25) is 0 Å². The third kappa shape index (κ3) is 15.4. The van der Waals surface area contributed by atoms with Crippen LogP contribution in [0.3, 0.4) is 0 Å². The Balaban J connectivity index is 3.78. The fourth-order valence-electron chi connectivity index (χ4n) is 2.48. The molecule has 0 aliphatic carbocycles. The van der Waals surface area contributed by atoms with Crippen molar-refractivity contribution in [3.8, 4) is 0 Å². The molecule has 0 heterocycles. The number of hydrogen-bond acceptors (Lipinski definition) is 9. The fourth-order valence-corrected chi connectivity index (χ4v) is 2.48. The molecule has 0 bridgehead atoms. The van der Waals surface area contributed by atoms with Crippen LogP contribution in [0, 0.1) is 0 Å². The lowest BCUT2D eigenvalue weighted by Crippen LogP contribution is -2.42. The van der Waals surface area contributed by atoms with Gasteiger partial charge in [-0.3, -0.25) is 14.4 Å². The van der Waals surface area contributed by atoms with Crippen molar-refractivity contribution in [2.45, 2.75) is 89.7 Å². The highest BCUT2D eigenvalue weighted by atomic mass is 16.6. The molecule has 0 radical (unpaired) electrons. The minimum atomic E-state index is -1.42. The van der Waals surface area contributed by atoms with E-state index in [1.165, 1.54) is 7.11 Å². The van der Waals surface area contributed by atoms with Crippen LogP contribution in [0.1, 0.15) is 77.6 Å². The van der Waals surface area contributed by atoms with Crippen LogP contribution in [0.4, 0.5) is 0 Å². The van der Waals surface area contributed by atoms with Crippen LogP contribution >= 0.6 is 0 Å². The predicted octanol–water partition coefficient (Wildman–Crippen LogP) is 1.00. The van der Waals surface area contributed by atoms with Gasteiger partial charge in [-0.05, 0) is 25.7 Å². The number of carboxylic acid groups (broad SMARTS) is 1. The Labute approximate surface area is 172 Å². The van der Waals surface area contributed by atoms with Crippen LogP contribution in [0.25, 0.3) is 0 Å². The van der Waals surface area contributed by atoms with Gasteiger partial charge in [0.1, 0.15) is 12.7 Å². The van der Waals surface area contributed by atoms with Crippen LogP contribution in [-0.2, 0) is 33.4 Å². The first-order valence-electron chi connectivity index (χ1n) is 10.2. The number of unbranched alkanes of at least 4 members (excludes halogenated alkanes) is 5. The van der Waals surface area contributed by atoms with Crippen LogP contribution < -0.4 is 10.8 Å². The van der Waals surface area contributed by atoms with Crippen molar-refractivity contribution in [1.82, 2.24) is 0 Å². The molecule has 0 aliphatic heterocycles. The fraction of sp³-hybridized carbons (Fsp3) is 0.800. The van der Waals surface area contributed by atoms with Crippen LogP contribution in [0.5, 0.6) is 0 Å². The number of esters is 3. The Kier molecular flexibility index (Phi) is 15.5. The molecule has 0 aromatic heterocycles. The number of nitrogens with two attached hydrogens (primary N) is 1. The first-order valence-corrected chi connectivity index (χ1v) is 10.2. The SMILES string of the molecule is CCC(COC(=O)CCCCCCCCC(=O)OC)OC(=O)CCC(N)C(=O)[O-]. The van der Waals surface area contributed by atoms with Crippen molar-refractivity contribution in [3.63, 3.8) is 0 Å². The number of methoxy groups -OCH3 is 1. The van der Waals surface area contributed by atoms with E-state index >= 15 is 0 Å². The highest BCUT2D eigenvalue weighted by Crippen LogP contribution is 2.10. The molecule has 9 heteroatoms. The van der Waals surface area contributed by atoms with E-state index in [1.54, 1.807) is 6.92 Å². The molecule has 2 atom stereocenters. The average molecular weight is 416 g/mol. The third-order valence-corrected chi connectivity index (χ3v) is 4.39. The van der Waals surface area contributed by atoms with Crippen molar-refractivity contribution in [1.29, 1.82) is 0 Å². The summed E-state index contributed by atoms with van der Waals surface area (Å²) in [5, 5.41) is 10.5. The lowest BCUT2D eigenvalue weighted by atomic mass is 10.1. The zero-order chi connectivity index (χ0) is 22.1. The third-order valence-electron chi connectivity index (χ3n) is 4.39. The topological polar surface area (TPSA) is 145 Å². The maximum atomic E-state index is 11.8. The Morgan fingerprint density at radius 1 is 0.862 bits per heavy atom. The molecule has 0 amide bonds. The molecule has 0 aromatic rings. The molecular weight excluding hydrogens is 382 g/mol. The minimum Gasteiger partial charge on any atom is -0.548 e. The largest absolute Gasteiger partial charge is 0.548 e. The van der Waals surface area contributed by atoms with E-state index in [2.05, 4.69) is 4.74 Å². The number of carbonyl (C=O) groups excluding carboxylic acids is 4. The molecule has 2 unspecified atom stereocenters. The van der Waals surface area contributed by atoms with E-state index in [-0.39, 0.29) is 31.4 Å². The van der Waals surface area contributed by atoms with E-state index in [9.17, 15) is 24.3 Å². The van der Waals surface area contributed by atoms with Gasteiger partial charge in [0.05, 0.1) is 13.1 Å². The minimum absolute atomic E-state index is 0.0266. The number of carboxylic acids is 1. The summed E-state index contributed by atoms with van der Waals surface area (Å²) >= 11 is 0. The molecule has 29 heavy (non-hydrogen) atoms. The van der Waals surface area contributed by atoms with Crippen molar-refractivity contribution in [2.24, 2.45) is 5.73 Å². The van der Waals surface area contributed by atoms with Gasteiger partial charge in [0.15, 0.2) is 0 Å². The summed E-state index contributed by atoms with van der Waals surface area (Å²) in [6, 6.07) is -1.21. The molecule has 0 aliphatic rings. The average Bonchev–Trinajstić information content (AvgIpc) is 2.70. The smallest absolute Gasteiger partial charge is 0.306 e. The molecule has 0 spiro atoms. The van der Waals surface area contributed by atoms with Crippen molar-refractivity contribution in [3.05, 3.63) is 0 Å². The second kappa shape index (κ2) is 16.8. The number of aliphatic carboxylic acids is 1. The highest BCUT2D eigenvalue weighted by Gasteiger charge is 2.16. The van der Waals surface area contributed by atoms with E-state index in [0.717, 1.165) is 32.1 Å². The van der Waals surface area contributed by atoms with Gasteiger partial charge in [-0.1, -0.05) is 32.6 Å². The Hall–Kier alpha value is -2.16. The first-order chi connectivity index (χ1) is 13.8. The van der Waals surface area contributed by atoms with Gasteiger partial charge in [0, 0.05) is 25.3 Å². The second-order valence-corrected chi connectivity index (χ2v) is 6.86. The standard InChI is InChI=1S/C20H35NO8/c1-3-15(29-19(24)13-12-16(21)20(25)26)14-28-18(23)11-9-7-5-4-6-8-10-17(22)27-2/h15-16H,3-14,21H2,1-2H3,(H,25,26)/p-1.